The molecule has 3 nitrogen and oxygen atoms in total. The summed E-state index contributed by atoms with van der Waals surface area (Å²) in [4.78, 5) is 2.53. The van der Waals surface area contributed by atoms with Crippen LogP contribution in [0.5, 0.6) is 0 Å². The second kappa shape index (κ2) is 6.91. The molecule has 0 atom stereocenters. The van der Waals surface area contributed by atoms with Crippen molar-refractivity contribution < 1.29 is 4.48 Å². The molecule has 0 saturated carbocycles. The van der Waals surface area contributed by atoms with Gasteiger partial charge in [0.1, 0.15) is 12.4 Å². The van der Waals surface area contributed by atoms with Crippen molar-refractivity contribution in [1.29, 1.82) is 0 Å². The molecule has 0 radical (unpaired) electrons. The predicted molar refractivity (Wildman–Crippen MR) is 126 cm³/mol. The molecule has 0 unspecified atom stereocenters. The van der Waals surface area contributed by atoms with Crippen molar-refractivity contribution in [2.45, 2.75) is 27.7 Å². The fourth-order valence-corrected chi connectivity index (χ4v) is 5.00. The molecule has 148 valence electrons. The highest BCUT2D eigenvalue weighted by Crippen LogP contribution is 2.40. The maximum absolute atomic E-state index is 2.53. The molecule has 3 aromatic carbocycles. The van der Waals surface area contributed by atoms with Gasteiger partial charge < -0.3 is 4.81 Å². The molecule has 1 aliphatic heterocycles. The maximum Gasteiger partial charge on any atom is 0.542 e. The lowest BCUT2D eigenvalue weighted by Gasteiger charge is -2.36. The Kier molecular flexibility index (Phi) is 4.32. The SMILES string of the molecule is Cc1ccccc1N1B(c2c(C)cccc2C)[n+]2ccn(C)c2-c2c(C)cccc21. The van der Waals surface area contributed by atoms with Crippen molar-refractivity contribution in [2.24, 2.45) is 7.05 Å². The molecule has 0 aliphatic carbocycles. The zero-order valence-corrected chi connectivity index (χ0v) is 18.3. The first-order chi connectivity index (χ1) is 14.5. The molecule has 0 N–H and O–H groups in total. The number of hydrogen-bond donors (Lipinski definition) is 0. The minimum atomic E-state index is 0.0535. The number of hydrogen-bond acceptors (Lipinski definition) is 1. The van der Waals surface area contributed by atoms with Gasteiger partial charge in [0.15, 0.2) is 0 Å². The minimum absolute atomic E-state index is 0.0535. The Morgan fingerprint density at radius 3 is 2.03 bits per heavy atom. The van der Waals surface area contributed by atoms with E-state index in [1.807, 2.05) is 0 Å². The molecular weight excluding hydrogens is 365 g/mol. The van der Waals surface area contributed by atoms with E-state index < -0.39 is 0 Å². The quantitative estimate of drug-likeness (QED) is 0.454. The first kappa shape index (κ1) is 18.7. The molecule has 0 bridgehead atoms. The maximum atomic E-state index is 2.53. The third kappa shape index (κ3) is 2.63. The Morgan fingerprint density at radius 2 is 1.30 bits per heavy atom. The minimum Gasteiger partial charge on any atom is -0.338 e. The van der Waals surface area contributed by atoms with Crippen molar-refractivity contribution in [3.63, 3.8) is 0 Å². The molecule has 5 rings (SSSR count). The van der Waals surface area contributed by atoms with Gasteiger partial charge in [-0.2, -0.15) is 0 Å². The third-order valence-corrected chi connectivity index (χ3v) is 6.45. The highest BCUT2D eigenvalue weighted by atomic mass is 15.2. The normalized spacial score (nSPS) is 12.7. The summed E-state index contributed by atoms with van der Waals surface area (Å²) in [7, 11) is 2.15. The molecule has 4 aromatic rings. The van der Waals surface area contributed by atoms with Gasteiger partial charge in [-0.25, -0.2) is 4.57 Å². The van der Waals surface area contributed by atoms with Crippen molar-refractivity contribution in [1.82, 2.24) is 4.57 Å². The lowest BCUT2D eigenvalue weighted by Crippen LogP contribution is -2.70. The highest BCUT2D eigenvalue weighted by molar-refractivity contribution is 6.72. The Morgan fingerprint density at radius 1 is 0.700 bits per heavy atom. The summed E-state index contributed by atoms with van der Waals surface area (Å²) in [5, 5.41) is 0. The van der Waals surface area contributed by atoms with Crippen LogP contribution < -0.4 is 14.8 Å². The van der Waals surface area contributed by atoms with Crippen LogP contribution in [-0.2, 0) is 7.05 Å². The van der Waals surface area contributed by atoms with Gasteiger partial charge in [0.05, 0.1) is 12.6 Å². The lowest BCUT2D eigenvalue weighted by atomic mass is 9.59. The summed E-state index contributed by atoms with van der Waals surface area (Å²) >= 11 is 0. The molecule has 0 fully saturated rings. The number of benzene rings is 3. The lowest BCUT2D eigenvalue weighted by molar-refractivity contribution is -0.523. The van der Waals surface area contributed by atoms with Gasteiger partial charge >= 0.3 is 6.98 Å². The Balaban J connectivity index is 1.92. The smallest absolute Gasteiger partial charge is 0.338 e. The number of imidazole rings is 1. The van der Waals surface area contributed by atoms with Crippen LogP contribution in [0.3, 0.4) is 0 Å². The van der Waals surface area contributed by atoms with Crippen LogP contribution >= 0.6 is 0 Å². The Hall–Kier alpha value is -3.27. The standard InChI is InChI=1S/C26H27BN3/c1-18-10-6-7-14-22(18)30-23-15-9-11-19(2)24(23)26-28(5)16-17-29(26)27(30)25-20(3)12-8-13-21(25)4/h6-17H,1-5H3/q+1. The van der Waals surface area contributed by atoms with Gasteiger partial charge in [0.25, 0.3) is 5.82 Å². The molecule has 2 heterocycles. The number of aryl methyl sites for hydroxylation is 5. The summed E-state index contributed by atoms with van der Waals surface area (Å²) in [5.74, 6) is 1.25. The highest BCUT2D eigenvalue weighted by Gasteiger charge is 2.47. The van der Waals surface area contributed by atoms with E-state index in [9.17, 15) is 0 Å². The van der Waals surface area contributed by atoms with Crippen LogP contribution in [-0.4, -0.2) is 11.5 Å². The second-order valence-electron chi connectivity index (χ2n) is 8.44. The fourth-order valence-electron chi connectivity index (χ4n) is 5.00. The van der Waals surface area contributed by atoms with E-state index in [-0.39, 0.29) is 6.98 Å². The third-order valence-electron chi connectivity index (χ3n) is 6.45. The van der Waals surface area contributed by atoms with Gasteiger partial charge in [0.2, 0.25) is 0 Å². The molecule has 0 spiro atoms. The summed E-state index contributed by atoms with van der Waals surface area (Å²) in [5.41, 5.74) is 10.4. The van der Waals surface area contributed by atoms with E-state index in [0.717, 1.165) is 0 Å². The number of aromatic nitrogens is 2. The van der Waals surface area contributed by atoms with Crippen LogP contribution in [0.2, 0.25) is 0 Å². The van der Waals surface area contributed by atoms with E-state index in [1.54, 1.807) is 0 Å². The van der Waals surface area contributed by atoms with E-state index in [0.29, 0.717) is 0 Å². The molecule has 1 aromatic heterocycles. The number of nitrogens with zero attached hydrogens (tertiary/aromatic N) is 3. The largest absolute Gasteiger partial charge is 0.542 e. The van der Waals surface area contributed by atoms with Crippen LogP contribution in [0.4, 0.5) is 11.4 Å². The molecule has 1 aliphatic rings. The molecule has 0 saturated heterocycles. The monoisotopic (exact) mass is 392 g/mol. The van der Waals surface area contributed by atoms with Gasteiger partial charge in [-0.3, -0.25) is 4.48 Å². The molecule has 30 heavy (non-hydrogen) atoms. The average Bonchev–Trinajstić information content (AvgIpc) is 3.10. The van der Waals surface area contributed by atoms with Gasteiger partial charge in [0, 0.05) is 16.8 Å². The first-order valence-corrected chi connectivity index (χ1v) is 10.6. The van der Waals surface area contributed by atoms with Gasteiger partial charge in [-0.05, 0) is 62.1 Å². The van der Waals surface area contributed by atoms with Crippen molar-refractivity contribution in [3.8, 4) is 11.4 Å². The fraction of sp³-hybridized carbons (Fsp3) is 0.192. The zero-order valence-electron chi connectivity index (χ0n) is 18.3. The van der Waals surface area contributed by atoms with E-state index in [1.165, 1.54) is 50.5 Å². The summed E-state index contributed by atoms with van der Waals surface area (Å²) in [6.07, 6.45) is 4.40. The van der Waals surface area contributed by atoms with E-state index in [2.05, 4.69) is 122 Å². The van der Waals surface area contributed by atoms with Gasteiger partial charge in [-0.1, -0.05) is 48.5 Å². The van der Waals surface area contributed by atoms with Crippen LogP contribution in [0, 0.1) is 27.7 Å². The van der Waals surface area contributed by atoms with Crippen LogP contribution in [0.1, 0.15) is 22.3 Å². The zero-order chi connectivity index (χ0) is 21.0. The summed E-state index contributed by atoms with van der Waals surface area (Å²) in [6.45, 7) is 8.93. The first-order valence-electron chi connectivity index (χ1n) is 10.6. The molecule has 4 heteroatoms. The molecule has 0 amide bonds. The van der Waals surface area contributed by atoms with Crippen LogP contribution in [0.25, 0.3) is 11.4 Å². The van der Waals surface area contributed by atoms with Crippen LogP contribution in [0.15, 0.2) is 73.1 Å². The number of rotatable bonds is 2. The van der Waals surface area contributed by atoms with Crippen molar-refractivity contribution in [2.75, 3.05) is 4.81 Å². The average molecular weight is 392 g/mol. The Labute approximate surface area is 179 Å². The molecular formula is C26H27BN3+. The Bertz CT molecular complexity index is 1250. The number of anilines is 2. The van der Waals surface area contributed by atoms with Gasteiger partial charge in [-0.15, -0.1) is 0 Å². The number of para-hydroxylation sites is 1. The van der Waals surface area contributed by atoms with E-state index >= 15 is 0 Å². The van der Waals surface area contributed by atoms with E-state index in [4.69, 9.17) is 0 Å². The second-order valence-corrected chi connectivity index (χ2v) is 8.44. The number of fused-ring (bicyclic) bond motifs is 3. The summed E-state index contributed by atoms with van der Waals surface area (Å²) in [6, 6.07) is 22.0. The van der Waals surface area contributed by atoms with Crippen molar-refractivity contribution in [3.05, 3.63) is 95.3 Å². The topological polar surface area (TPSA) is 12.1 Å². The summed E-state index contributed by atoms with van der Waals surface area (Å²) < 4.78 is 4.69. The predicted octanol–water partition coefficient (Wildman–Crippen LogP) is 4.61. The van der Waals surface area contributed by atoms with Crippen molar-refractivity contribution >= 4 is 23.8 Å².